The van der Waals surface area contributed by atoms with E-state index in [0.29, 0.717) is 0 Å². The predicted molar refractivity (Wildman–Crippen MR) is 55.2 cm³/mol. The fraction of sp³-hybridized carbons (Fsp3) is 0.833. The van der Waals surface area contributed by atoms with Gasteiger partial charge in [-0.15, -0.1) is 0 Å². The van der Waals surface area contributed by atoms with Crippen molar-refractivity contribution in [1.29, 1.82) is 0 Å². The predicted octanol–water partition coefficient (Wildman–Crippen LogP) is 4.17. The Morgan fingerprint density at radius 2 is 1.92 bits per heavy atom. The van der Waals surface area contributed by atoms with Crippen molar-refractivity contribution < 1.29 is 0 Å². The zero-order chi connectivity index (χ0) is 8.81. The monoisotopic (exact) mass is 166 g/mol. The first-order valence-electron chi connectivity index (χ1n) is 5.45. The molecule has 12 heavy (non-hydrogen) atoms. The molecule has 0 aromatic heterocycles. The Bertz CT molecular complexity index is 129. The molecule has 0 heterocycles. The minimum absolute atomic E-state index is 0.918. The quantitative estimate of drug-likeness (QED) is 0.552. The van der Waals surface area contributed by atoms with Gasteiger partial charge in [0.05, 0.1) is 0 Å². The second-order valence-corrected chi connectivity index (χ2v) is 4.18. The van der Waals surface area contributed by atoms with Gasteiger partial charge in [-0.1, -0.05) is 51.2 Å². The van der Waals surface area contributed by atoms with Crippen LogP contribution in [0.5, 0.6) is 0 Å². The van der Waals surface area contributed by atoms with E-state index >= 15 is 0 Å². The van der Waals surface area contributed by atoms with Crippen LogP contribution in [0.15, 0.2) is 12.2 Å². The van der Waals surface area contributed by atoms with Crippen molar-refractivity contribution in [2.24, 2.45) is 11.8 Å². The first-order valence-corrected chi connectivity index (χ1v) is 5.45. The topological polar surface area (TPSA) is 0 Å². The Hall–Kier alpha value is -0.260. The average molecular weight is 166 g/mol. The summed E-state index contributed by atoms with van der Waals surface area (Å²) in [4.78, 5) is 0. The van der Waals surface area contributed by atoms with E-state index in [9.17, 15) is 0 Å². The van der Waals surface area contributed by atoms with Crippen LogP contribution in [0.2, 0.25) is 0 Å². The fourth-order valence-electron chi connectivity index (χ4n) is 2.25. The van der Waals surface area contributed by atoms with Crippen molar-refractivity contribution >= 4 is 0 Å². The molecule has 70 valence electrons. The van der Waals surface area contributed by atoms with E-state index in [1.807, 2.05) is 0 Å². The summed E-state index contributed by atoms with van der Waals surface area (Å²) in [6.07, 6.45) is 13.2. The van der Waals surface area contributed by atoms with Crippen LogP contribution in [-0.4, -0.2) is 0 Å². The molecule has 0 aliphatic heterocycles. The van der Waals surface area contributed by atoms with Gasteiger partial charge in [-0.05, 0) is 25.2 Å². The Kier molecular flexibility index (Phi) is 4.42. The van der Waals surface area contributed by atoms with Gasteiger partial charge in [-0.2, -0.15) is 0 Å². The van der Waals surface area contributed by atoms with Crippen molar-refractivity contribution in [3.8, 4) is 0 Å². The van der Waals surface area contributed by atoms with Crippen LogP contribution in [0.3, 0.4) is 0 Å². The zero-order valence-corrected chi connectivity index (χ0v) is 8.55. The Morgan fingerprint density at radius 3 is 2.50 bits per heavy atom. The van der Waals surface area contributed by atoms with Gasteiger partial charge in [0, 0.05) is 0 Å². The lowest BCUT2D eigenvalue weighted by atomic mass is 9.79. The van der Waals surface area contributed by atoms with Crippen molar-refractivity contribution in [2.75, 3.05) is 0 Å². The fourth-order valence-corrected chi connectivity index (χ4v) is 2.25. The molecule has 0 bridgehead atoms. The summed E-state index contributed by atoms with van der Waals surface area (Å²) in [7, 11) is 0. The van der Waals surface area contributed by atoms with Crippen molar-refractivity contribution in [1.82, 2.24) is 0 Å². The molecule has 1 saturated carbocycles. The van der Waals surface area contributed by atoms with E-state index < -0.39 is 0 Å². The molecule has 0 saturated heterocycles. The SMILES string of the molecule is C/C=C/CC(C)C1CCCCC1. The molecule has 0 N–H and O–H groups in total. The van der Waals surface area contributed by atoms with Crippen molar-refractivity contribution in [3.63, 3.8) is 0 Å². The van der Waals surface area contributed by atoms with E-state index in [1.165, 1.54) is 38.5 Å². The summed E-state index contributed by atoms with van der Waals surface area (Å²) in [6.45, 7) is 4.53. The molecule has 0 heteroatoms. The van der Waals surface area contributed by atoms with Crippen molar-refractivity contribution in [2.45, 2.75) is 52.4 Å². The third-order valence-electron chi connectivity index (χ3n) is 3.20. The highest BCUT2D eigenvalue weighted by Crippen LogP contribution is 2.31. The molecule has 1 fully saturated rings. The molecule has 0 nitrogen and oxygen atoms in total. The van der Waals surface area contributed by atoms with Crippen LogP contribution in [0.25, 0.3) is 0 Å². The maximum absolute atomic E-state index is 2.41. The molecular formula is C12H22. The van der Waals surface area contributed by atoms with Gasteiger partial charge in [-0.25, -0.2) is 0 Å². The zero-order valence-electron chi connectivity index (χ0n) is 8.55. The smallest absolute Gasteiger partial charge is 0.0322 e. The lowest BCUT2D eigenvalue weighted by Crippen LogP contribution is -2.14. The van der Waals surface area contributed by atoms with Gasteiger partial charge >= 0.3 is 0 Å². The highest BCUT2D eigenvalue weighted by Gasteiger charge is 2.18. The average Bonchev–Trinajstić information content (AvgIpc) is 2.15. The van der Waals surface area contributed by atoms with Crippen LogP contribution in [0.1, 0.15) is 52.4 Å². The van der Waals surface area contributed by atoms with Crippen molar-refractivity contribution in [3.05, 3.63) is 12.2 Å². The molecule has 1 rings (SSSR count). The van der Waals surface area contributed by atoms with Crippen LogP contribution in [0, 0.1) is 11.8 Å². The van der Waals surface area contributed by atoms with Gasteiger partial charge in [-0.3, -0.25) is 0 Å². The summed E-state index contributed by atoms with van der Waals surface area (Å²) in [6, 6.07) is 0. The molecular weight excluding hydrogens is 144 g/mol. The van der Waals surface area contributed by atoms with Gasteiger partial charge in [0.15, 0.2) is 0 Å². The first kappa shape index (κ1) is 9.83. The second kappa shape index (κ2) is 5.40. The largest absolute Gasteiger partial charge is 0.0917 e. The highest BCUT2D eigenvalue weighted by molar-refractivity contribution is 4.82. The van der Waals surface area contributed by atoms with E-state index in [1.54, 1.807) is 0 Å². The standard InChI is InChI=1S/C12H22/c1-3-4-8-11(2)12-9-6-5-7-10-12/h3-4,11-12H,5-10H2,1-2H3/b4-3+. The van der Waals surface area contributed by atoms with E-state index in [0.717, 1.165) is 11.8 Å². The minimum atomic E-state index is 0.918. The van der Waals surface area contributed by atoms with Gasteiger partial charge < -0.3 is 0 Å². The van der Waals surface area contributed by atoms with Gasteiger partial charge in [0.2, 0.25) is 0 Å². The Balaban J connectivity index is 2.24. The lowest BCUT2D eigenvalue weighted by molar-refractivity contribution is 0.265. The van der Waals surface area contributed by atoms with E-state index in [4.69, 9.17) is 0 Å². The Morgan fingerprint density at radius 1 is 1.25 bits per heavy atom. The molecule has 1 unspecified atom stereocenters. The maximum Gasteiger partial charge on any atom is -0.0322 e. The molecule has 0 amide bonds. The van der Waals surface area contributed by atoms with Gasteiger partial charge in [0.25, 0.3) is 0 Å². The maximum atomic E-state index is 2.41. The summed E-state index contributed by atoms with van der Waals surface area (Å²) in [5, 5.41) is 0. The highest BCUT2D eigenvalue weighted by atomic mass is 14.2. The van der Waals surface area contributed by atoms with E-state index in [2.05, 4.69) is 26.0 Å². The number of hydrogen-bond donors (Lipinski definition) is 0. The molecule has 1 aliphatic rings. The second-order valence-electron chi connectivity index (χ2n) is 4.18. The molecule has 1 aliphatic carbocycles. The normalized spacial score (nSPS) is 23.2. The molecule has 0 aromatic carbocycles. The summed E-state index contributed by atoms with van der Waals surface area (Å²) in [5.41, 5.74) is 0. The molecule has 0 radical (unpaired) electrons. The Labute approximate surface area is 77.1 Å². The van der Waals surface area contributed by atoms with Crippen LogP contribution in [0.4, 0.5) is 0 Å². The summed E-state index contributed by atoms with van der Waals surface area (Å²) in [5.74, 6) is 1.94. The van der Waals surface area contributed by atoms with E-state index in [-0.39, 0.29) is 0 Å². The molecule has 0 spiro atoms. The van der Waals surface area contributed by atoms with Crippen LogP contribution < -0.4 is 0 Å². The first-order chi connectivity index (χ1) is 5.84. The lowest BCUT2D eigenvalue weighted by Gasteiger charge is -2.26. The minimum Gasteiger partial charge on any atom is -0.0917 e. The van der Waals surface area contributed by atoms with Crippen LogP contribution in [-0.2, 0) is 0 Å². The third kappa shape index (κ3) is 3.00. The third-order valence-corrected chi connectivity index (χ3v) is 3.20. The van der Waals surface area contributed by atoms with Crippen LogP contribution >= 0.6 is 0 Å². The van der Waals surface area contributed by atoms with Gasteiger partial charge in [0.1, 0.15) is 0 Å². The molecule has 0 aromatic rings. The summed E-state index contributed by atoms with van der Waals surface area (Å²) >= 11 is 0. The number of allylic oxidation sites excluding steroid dienone is 2. The number of hydrogen-bond acceptors (Lipinski definition) is 0. The molecule has 1 atom stereocenters. The summed E-state index contributed by atoms with van der Waals surface area (Å²) < 4.78 is 0. The number of rotatable bonds is 3.